The van der Waals surface area contributed by atoms with Gasteiger partial charge in [0.25, 0.3) is 0 Å². The number of aromatic nitrogens is 5. The molecule has 0 atom stereocenters. The van der Waals surface area contributed by atoms with Crippen molar-refractivity contribution in [1.82, 2.24) is 25.0 Å². The van der Waals surface area contributed by atoms with Gasteiger partial charge in [-0.2, -0.15) is 0 Å². The van der Waals surface area contributed by atoms with Crippen molar-refractivity contribution in [3.63, 3.8) is 0 Å². The van der Waals surface area contributed by atoms with Crippen LogP contribution in [-0.2, 0) is 21.4 Å². The summed E-state index contributed by atoms with van der Waals surface area (Å²) in [5.74, 6) is -0.00125. The minimum absolute atomic E-state index is 0.0494. The maximum atomic E-state index is 11.6. The summed E-state index contributed by atoms with van der Waals surface area (Å²) in [5, 5.41) is 9.68. The van der Waals surface area contributed by atoms with Crippen LogP contribution < -0.4 is 10.0 Å². The fourth-order valence-electron chi connectivity index (χ4n) is 1.26. The van der Waals surface area contributed by atoms with Crippen molar-refractivity contribution in [2.45, 2.75) is 6.54 Å². The molecule has 1 amide bonds. The van der Waals surface area contributed by atoms with E-state index < -0.39 is 10.0 Å². The summed E-state index contributed by atoms with van der Waals surface area (Å²) in [6.07, 6.45) is 5.37. The Morgan fingerprint density at radius 1 is 1.53 bits per heavy atom. The van der Waals surface area contributed by atoms with Crippen molar-refractivity contribution < 1.29 is 13.2 Å². The lowest BCUT2D eigenvalue weighted by Crippen LogP contribution is -2.19. The molecule has 0 fully saturated rings. The summed E-state index contributed by atoms with van der Waals surface area (Å²) in [7, 11) is -3.41. The van der Waals surface area contributed by atoms with Crippen LogP contribution in [0.1, 0.15) is 0 Å². The fourth-order valence-corrected chi connectivity index (χ4v) is 1.74. The molecule has 0 unspecified atom stereocenters. The molecule has 3 N–H and O–H groups in total. The van der Waals surface area contributed by atoms with Crippen LogP contribution in [-0.4, -0.2) is 45.5 Å². The summed E-state index contributed by atoms with van der Waals surface area (Å²) in [6, 6.07) is 0. The molecular formula is C8H11N7O3S. The molecule has 0 aromatic carbocycles. The third-order valence-electron chi connectivity index (χ3n) is 1.89. The van der Waals surface area contributed by atoms with E-state index in [-0.39, 0.29) is 18.3 Å². The van der Waals surface area contributed by atoms with Crippen LogP contribution in [0.25, 0.3) is 0 Å². The molecule has 19 heavy (non-hydrogen) atoms. The first-order valence-corrected chi connectivity index (χ1v) is 6.99. The van der Waals surface area contributed by atoms with Crippen LogP contribution >= 0.6 is 0 Å². The highest BCUT2D eigenvalue weighted by atomic mass is 32.2. The van der Waals surface area contributed by atoms with Gasteiger partial charge in [0.15, 0.2) is 5.82 Å². The predicted molar refractivity (Wildman–Crippen MR) is 65.7 cm³/mol. The number of amides is 1. The summed E-state index contributed by atoms with van der Waals surface area (Å²) in [5.41, 5.74) is 0. The molecule has 2 aromatic rings. The van der Waals surface area contributed by atoms with Crippen LogP contribution in [0.3, 0.4) is 0 Å². The average Bonchev–Trinajstić information content (AvgIpc) is 2.88. The molecule has 2 heterocycles. The first-order valence-electron chi connectivity index (χ1n) is 5.09. The van der Waals surface area contributed by atoms with Crippen LogP contribution in [0.4, 0.5) is 11.8 Å². The maximum absolute atomic E-state index is 11.6. The van der Waals surface area contributed by atoms with Gasteiger partial charge in [0, 0.05) is 12.4 Å². The number of nitrogens with one attached hydrogen (secondary N) is 3. The zero-order chi connectivity index (χ0) is 13.9. The van der Waals surface area contributed by atoms with Crippen molar-refractivity contribution >= 4 is 27.7 Å². The Hall–Kier alpha value is -2.43. The molecule has 0 radical (unpaired) electrons. The molecule has 0 aliphatic heterocycles. The Labute approximate surface area is 108 Å². The minimum Gasteiger partial charge on any atom is -0.331 e. The third-order valence-corrected chi connectivity index (χ3v) is 2.47. The first-order chi connectivity index (χ1) is 8.92. The standard InChI is InChI=1S/C8H11N7O3S/c1-19(17,18)13-6-4-15(14-12-6)5-7(16)11-8-9-2-3-10-8/h2-4,13H,5H2,1H3,(H2,9,10,11,16). The molecule has 2 aromatic heterocycles. The van der Waals surface area contributed by atoms with Gasteiger partial charge in [-0.05, 0) is 0 Å². The molecule has 10 nitrogen and oxygen atoms in total. The normalized spacial score (nSPS) is 11.2. The molecular weight excluding hydrogens is 274 g/mol. The molecule has 102 valence electrons. The number of carbonyl (C=O) groups excluding carboxylic acids is 1. The maximum Gasteiger partial charge on any atom is 0.248 e. The van der Waals surface area contributed by atoms with E-state index in [1.54, 1.807) is 6.20 Å². The topological polar surface area (TPSA) is 135 Å². The minimum atomic E-state index is -3.41. The summed E-state index contributed by atoms with van der Waals surface area (Å²) in [4.78, 5) is 18.1. The molecule has 11 heteroatoms. The average molecular weight is 285 g/mol. The number of rotatable bonds is 5. The summed E-state index contributed by atoms with van der Waals surface area (Å²) >= 11 is 0. The highest BCUT2D eigenvalue weighted by Crippen LogP contribution is 2.02. The molecule has 0 aliphatic carbocycles. The van der Waals surface area contributed by atoms with Crippen molar-refractivity contribution in [2.75, 3.05) is 16.3 Å². The second-order valence-electron chi connectivity index (χ2n) is 3.66. The van der Waals surface area contributed by atoms with Gasteiger partial charge in [-0.3, -0.25) is 14.8 Å². The van der Waals surface area contributed by atoms with E-state index in [0.717, 1.165) is 6.26 Å². The number of carbonyl (C=O) groups is 1. The highest BCUT2D eigenvalue weighted by Gasteiger charge is 2.09. The Balaban J connectivity index is 1.94. The number of hydrogen-bond donors (Lipinski definition) is 3. The van der Waals surface area contributed by atoms with E-state index in [4.69, 9.17) is 0 Å². The quantitative estimate of drug-likeness (QED) is 0.645. The van der Waals surface area contributed by atoms with Gasteiger partial charge in [-0.1, -0.05) is 5.21 Å². The van der Waals surface area contributed by atoms with Crippen LogP contribution in [0.2, 0.25) is 0 Å². The monoisotopic (exact) mass is 285 g/mol. The van der Waals surface area contributed by atoms with E-state index in [1.165, 1.54) is 17.1 Å². The van der Waals surface area contributed by atoms with E-state index >= 15 is 0 Å². The SMILES string of the molecule is CS(=O)(=O)Nc1cn(CC(=O)Nc2ncc[nH]2)nn1. The van der Waals surface area contributed by atoms with E-state index in [2.05, 4.69) is 30.3 Å². The Bertz CT molecular complexity index is 660. The van der Waals surface area contributed by atoms with Crippen molar-refractivity contribution in [3.8, 4) is 0 Å². The zero-order valence-corrected chi connectivity index (χ0v) is 10.7. The predicted octanol–water partition coefficient (Wildman–Crippen LogP) is -0.989. The number of anilines is 2. The third kappa shape index (κ3) is 4.06. The second kappa shape index (κ2) is 5.06. The van der Waals surface area contributed by atoms with Gasteiger partial charge < -0.3 is 4.98 Å². The van der Waals surface area contributed by atoms with Crippen molar-refractivity contribution in [2.24, 2.45) is 0 Å². The van der Waals surface area contributed by atoms with E-state index in [0.29, 0.717) is 5.95 Å². The highest BCUT2D eigenvalue weighted by molar-refractivity contribution is 7.92. The van der Waals surface area contributed by atoms with Gasteiger partial charge in [0.2, 0.25) is 21.9 Å². The lowest BCUT2D eigenvalue weighted by molar-refractivity contribution is -0.117. The summed E-state index contributed by atoms with van der Waals surface area (Å²) in [6.45, 7) is -0.112. The largest absolute Gasteiger partial charge is 0.331 e. The molecule has 0 spiro atoms. The number of sulfonamides is 1. The first kappa shape index (κ1) is 13.0. The van der Waals surface area contributed by atoms with Gasteiger partial charge >= 0.3 is 0 Å². The van der Waals surface area contributed by atoms with Crippen molar-refractivity contribution in [3.05, 3.63) is 18.6 Å². The second-order valence-corrected chi connectivity index (χ2v) is 5.41. The molecule has 0 saturated heterocycles. The zero-order valence-electron chi connectivity index (χ0n) is 9.86. The van der Waals surface area contributed by atoms with Gasteiger partial charge in [0.1, 0.15) is 6.54 Å². The van der Waals surface area contributed by atoms with Crippen LogP contribution in [0, 0.1) is 0 Å². The number of nitrogens with zero attached hydrogens (tertiary/aromatic N) is 4. The number of imidazole rings is 1. The smallest absolute Gasteiger partial charge is 0.248 e. The lowest BCUT2D eigenvalue weighted by Gasteiger charge is -2.00. The van der Waals surface area contributed by atoms with Gasteiger partial charge in [-0.15, -0.1) is 5.10 Å². The molecule has 0 aliphatic rings. The number of H-pyrrole nitrogens is 1. The van der Waals surface area contributed by atoms with Gasteiger partial charge in [-0.25, -0.2) is 18.1 Å². The lowest BCUT2D eigenvalue weighted by atomic mass is 10.6. The molecule has 2 rings (SSSR count). The summed E-state index contributed by atoms with van der Waals surface area (Å²) < 4.78 is 25.3. The molecule has 0 saturated carbocycles. The number of aromatic amines is 1. The fraction of sp³-hybridized carbons (Fsp3) is 0.250. The van der Waals surface area contributed by atoms with Gasteiger partial charge in [0.05, 0.1) is 12.5 Å². The Morgan fingerprint density at radius 2 is 2.32 bits per heavy atom. The van der Waals surface area contributed by atoms with Crippen molar-refractivity contribution in [1.29, 1.82) is 0 Å². The Morgan fingerprint density at radius 3 is 2.95 bits per heavy atom. The van der Waals surface area contributed by atoms with Crippen LogP contribution in [0.15, 0.2) is 18.6 Å². The Kier molecular flexibility index (Phi) is 3.46. The molecule has 0 bridgehead atoms. The van der Waals surface area contributed by atoms with E-state index in [9.17, 15) is 13.2 Å². The van der Waals surface area contributed by atoms with Crippen LogP contribution in [0.5, 0.6) is 0 Å². The number of hydrogen-bond acceptors (Lipinski definition) is 6. The van der Waals surface area contributed by atoms with E-state index in [1.807, 2.05) is 0 Å².